The Morgan fingerprint density at radius 3 is 2.86 bits per heavy atom. The summed E-state index contributed by atoms with van der Waals surface area (Å²) in [4.78, 5) is 11.8. The molecule has 0 unspecified atom stereocenters. The number of Topliss-reactive ketones (excluding diaryl/α,β-unsaturated/α-hetero) is 1. The predicted molar refractivity (Wildman–Crippen MR) is 48.4 cm³/mol. The average molecular weight is 190 g/mol. The topological polar surface area (TPSA) is 26.3 Å². The summed E-state index contributed by atoms with van der Waals surface area (Å²) in [5, 5.41) is 0. The molecule has 0 aromatic heterocycles. The lowest BCUT2D eigenvalue weighted by molar-refractivity contribution is -0.130. The van der Waals surface area contributed by atoms with Crippen molar-refractivity contribution in [3.05, 3.63) is 0 Å². The molecule has 0 saturated heterocycles. The van der Waals surface area contributed by atoms with E-state index in [9.17, 15) is 4.79 Å². The van der Waals surface area contributed by atoms with E-state index in [-0.39, 0.29) is 0 Å². The van der Waals surface area contributed by atoms with E-state index < -0.39 is 0 Å². The molecular formula is C12H14O2. The maximum Gasteiger partial charge on any atom is 0.136 e. The molecule has 0 aliphatic heterocycles. The lowest BCUT2D eigenvalue weighted by atomic mass is 9.70. The van der Waals surface area contributed by atoms with Crippen molar-refractivity contribution < 1.29 is 9.53 Å². The molecule has 0 aromatic rings. The highest BCUT2D eigenvalue weighted by Crippen LogP contribution is 2.96. The Balaban J connectivity index is 1.69. The molecule has 6 rings (SSSR count). The third-order valence-electron chi connectivity index (χ3n) is 6.23. The maximum atomic E-state index is 11.8. The summed E-state index contributed by atoms with van der Waals surface area (Å²) in [5.74, 6) is 6.28. The van der Waals surface area contributed by atoms with Gasteiger partial charge in [-0.2, -0.15) is 0 Å². The molecule has 0 amide bonds. The molecule has 6 saturated carbocycles. The molecule has 6 aliphatic rings. The van der Waals surface area contributed by atoms with E-state index in [1.54, 1.807) is 0 Å². The second-order valence-corrected chi connectivity index (χ2v) is 6.14. The van der Waals surface area contributed by atoms with Crippen molar-refractivity contribution >= 4 is 5.78 Å². The van der Waals surface area contributed by atoms with Crippen LogP contribution in [0.1, 0.15) is 6.42 Å². The van der Waals surface area contributed by atoms with Crippen LogP contribution in [0.15, 0.2) is 0 Å². The van der Waals surface area contributed by atoms with Crippen LogP contribution in [0.3, 0.4) is 0 Å². The van der Waals surface area contributed by atoms with E-state index in [4.69, 9.17) is 4.74 Å². The van der Waals surface area contributed by atoms with Crippen LogP contribution in [0, 0.1) is 46.8 Å². The van der Waals surface area contributed by atoms with Gasteiger partial charge in [0.25, 0.3) is 0 Å². The molecule has 6 aliphatic carbocycles. The lowest BCUT2D eigenvalue weighted by Crippen LogP contribution is -2.35. The van der Waals surface area contributed by atoms with Crippen LogP contribution in [0.4, 0.5) is 0 Å². The number of hydrogen-bond donors (Lipinski definition) is 0. The van der Waals surface area contributed by atoms with Gasteiger partial charge < -0.3 is 4.74 Å². The number of carbonyl (C=O) groups excluding carboxylic acids is 1. The van der Waals surface area contributed by atoms with Crippen LogP contribution in [-0.4, -0.2) is 19.5 Å². The van der Waals surface area contributed by atoms with Gasteiger partial charge in [-0.25, -0.2) is 0 Å². The number of ketones is 1. The minimum atomic E-state index is 0.496. The summed E-state index contributed by atoms with van der Waals surface area (Å²) in [6.07, 6.45) is 0.926. The smallest absolute Gasteiger partial charge is 0.136 e. The minimum Gasteiger partial charge on any atom is -0.384 e. The third-order valence-corrected chi connectivity index (χ3v) is 6.23. The second kappa shape index (κ2) is 1.60. The van der Waals surface area contributed by atoms with Crippen LogP contribution in [0.5, 0.6) is 0 Å². The fraction of sp³-hybridized carbons (Fsp3) is 0.917. The first-order valence-corrected chi connectivity index (χ1v) is 5.84. The monoisotopic (exact) mass is 190 g/mol. The lowest BCUT2D eigenvalue weighted by Gasteiger charge is -2.32. The Morgan fingerprint density at radius 1 is 1.36 bits per heavy atom. The van der Waals surface area contributed by atoms with Gasteiger partial charge in [-0.05, 0) is 35.5 Å². The molecule has 14 heavy (non-hydrogen) atoms. The van der Waals surface area contributed by atoms with E-state index >= 15 is 0 Å². The number of hydrogen-bond acceptors (Lipinski definition) is 2. The third kappa shape index (κ3) is 0.396. The first-order chi connectivity index (χ1) is 6.82. The summed E-state index contributed by atoms with van der Waals surface area (Å²) in [7, 11) is 1.82. The van der Waals surface area contributed by atoms with Crippen molar-refractivity contribution in [2.24, 2.45) is 46.8 Å². The number of rotatable bonds is 2. The molecule has 0 heterocycles. The molecule has 8 atom stereocenters. The number of methoxy groups -OCH3 is 1. The molecule has 6 fully saturated rings. The second-order valence-electron chi connectivity index (χ2n) is 6.14. The highest BCUT2D eigenvalue weighted by atomic mass is 16.5. The first-order valence-electron chi connectivity index (χ1n) is 5.84. The van der Waals surface area contributed by atoms with Gasteiger partial charge in [0.15, 0.2) is 0 Å². The van der Waals surface area contributed by atoms with Crippen molar-refractivity contribution in [2.45, 2.75) is 6.42 Å². The predicted octanol–water partition coefficient (Wildman–Crippen LogP) is 0.960. The molecule has 74 valence electrons. The highest BCUT2D eigenvalue weighted by Gasteiger charge is 2.96. The summed E-state index contributed by atoms with van der Waals surface area (Å²) in [6.45, 7) is 0.945. The quantitative estimate of drug-likeness (QED) is 0.648. The van der Waals surface area contributed by atoms with E-state index in [0.29, 0.717) is 17.1 Å². The largest absolute Gasteiger partial charge is 0.384 e. The van der Waals surface area contributed by atoms with Crippen molar-refractivity contribution in [2.75, 3.05) is 13.7 Å². The van der Waals surface area contributed by atoms with Gasteiger partial charge in [0.1, 0.15) is 5.78 Å². The van der Waals surface area contributed by atoms with Gasteiger partial charge in [0, 0.05) is 24.9 Å². The molecule has 2 bridgehead atoms. The Labute approximate surface area is 83.0 Å². The van der Waals surface area contributed by atoms with Gasteiger partial charge in [0.05, 0.1) is 6.61 Å². The Kier molecular flexibility index (Phi) is 0.802. The van der Waals surface area contributed by atoms with Crippen LogP contribution < -0.4 is 0 Å². The molecule has 0 aromatic carbocycles. The summed E-state index contributed by atoms with van der Waals surface area (Å²) < 4.78 is 5.41. The SMILES string of the molecule is COC[C@@]12[C@@H]3[C@@H]4[C@H]5C(=O)C[C@@H]([C@@H]43)[C@@H]1[C@@H]52. The zero-order valence-corrected chi connectivity index (χ0v) is 8.27. The van der Waals surface area contributed by atoms with Gasteiger partial charge in [-0.3, -0.25) is 4.79 Å². The molecular weight excluding hydrogens is 176 g/mol. The number of carbonyl (C=O) groups is 1. The summed E-state index contributed by atoms with van der Waals surface area (Å²) >= 11 is 0. The van der Waals surface area contributed by atoms with Crippen molar-refractivity contribution in [3.63, 3.8) is 0 Å². The van der Waals surface area contributed by atoms with Gasteiger partial charge >= 0.3 is 0 Å². The number of fused-ring (bicyclic) bond motifs is 1. The van der Waals surface area contributed by atoms with Crippen LogP contribution in [0.2, 0.25) is 0 Å². The Hall–Kier alpha value is -0.370. The Morgan fingerprint density at radius 2 is 2.21 bits per heavy atom. The van der Waals surface area contributed by atoms with Crippen LogP contribution >= 0.6 is 0 Å². The molecule has 0 spiro atoms. The zero-order chi connectivity index (χ0) is 9.24. The standard InChI is InChI=1S/C12H14O2/c1-14-3-12-9-4-2-5(13)7(11(9)12)8-6(4)10(8)12/h4,6-11H,2-3H2,1H3/t4-,6-,7+,8-,9+,10-,11+,12-/m0/s1. The maximum absolute atomic E-state index is 11.8. The van der Waals surface area contributed by atoms with Crippen molar-refractivity contribution in [1.29, 1.82) is 0 Å². The first kappa shape index (κ1) is 7.00. The van der Waals surface area contributed by atoms with E-state index in [0.717, 1.165) is 48.5 Å². The molecule has 0 radical (unpaired) electrons. The molecule has 0 N–H and O–H groups in total. The van der Waals surface area contributed by atoms with Gasteiger partial charge in [-0.1, -0.05) is 0 Å². The van der Waals surface area contributed by atoms with E-state index in [2.05, 4.69) is 0 Å². The zero-order valence-electron chi connectivity index (χ0n) is 8.27. The van der Waals surface area contributed by atoms with Crippen molar-refractivity contribution in [1.82, 2.24) is 0 Å². The molecule has 2 nitrogen and oxygen atoms in total. The normalized spacial score (nSPS) is 74.1. The van der Waals surface area contributed by atoms with Crippen LogP contribution in [-0.2, 0) is 9.53 Å². The van der Waals surface area contributed by atoms with Gasteiger partial charge in [-0.15, -0.1) is 0 Å². The van der Waals surface area contributed by atoms with E-state index in [1.165, 1.54) is 0 Å². The molecule has 2 heteroatoms. The highest BCUT2D eigenvalue weighted by molar-refractivity contribution is 5.88. The summed E-state index contributed by atoms with van der Waals surface area (Å²) in [5.41, 5.74) is 0.519. The number of ether oxygens (including phenoxy) is 1. The average Bonchev–Trinajstić information content (AvgIpc) is 2.98. The fourth-order valence-electron chi connectivity index (χ4n) is 6.34. The summed E-state index contributed by atoms with van der Waals surface area (Å²) in [6, 6.07) is 0. The van der Waals surface area contributed by atoms with E-state index in [1.807, 2.05) is 7.11 Å². The van der Waals surface area contributed by atoms with Gasteiger partial charge in [0.2, 0.25) is 0 Å². The minimum absolute atomic E-state index is 0.496. The van der Waals surface area contributed by atoms with Crippen molar-refractivity contribution in [3.8, 4) is 0 Å². The van der Waals surface area contributed by atoms with Crippen LogP contribution in [0.25, 0.3) is 0 Å². The fourth-order valence-corrected chi connectivity index (χ4v) is 6.34. The Bertz CT molecular complexity index is 373.